The summed E-state index contributed by atoms with van der Waals surface area (Å²) in [6.07, 6.45) is 3.49. The Morgan fingerprint density at radius 1 is 1.32 bits per heavy atom. The largest absolute Gasteiger partial charge is 0.433 e. The lowest BCUT2D eigenvalue weighted by Crippen LogP contribution is -2.48. The zero-order valence-corrected chi connectivity index (χ0v) is 16.9. The first-order valence-electron chi connectivity index (χ1n) is 9.95. The Morgan fingerprint density at radius 3 is 2.75 bits per heavy atom. The van der Waals surface area contributed by atoms with Crippen LogP contribution >= 0.6 is 0 Å². The van der Waals surface area contributed by atoms with Crippen molar-refractivity contribution in [2.75, 3.05) is 38.6 Å². The summed E-state index contributed by atoms with van der Waals surface area (Å²) in [6, 6.07) is 8.31. The Labute approximate surface area is 165 Å². The van der Waals surface area contributed by atoms with Crippen molar-refractivity contribution in [2.24, 2.45) is 4.99 Å². The summed E-state index contributed by atoms with van der Waals surface area (Å²) in [5, 5.41) is 6.86. The van der Waals surface area contributed by atoms with Crippen LogP contribution in [0.15, 0.2) is 29.3 Å². The molecular formula is C20H31F2N5O. The molecule has 2 N–H and O–H groups in total. The van der Waals surface area contributed by atoms with Crippen LogP contribution in [0, 0.1) is 0 Å². The molecule has 2 atom stereocenters. The van der Waals surface area contributed by atoms with E-state index in [1.165, 1.54) is 12.8 Å². The molecule has 0 bridgehead atoms. The number of anilines is 1. The lowest BCUT2D eigenvalue weighted by molar-refractivity contribution is -0.0495. The van der Waals surface area contributed by atoms with E-state index in [2.05, 4.69) is 44.1 Å². The molecule has 1 heterocycles. The van der Waals surface area contributed by atoms with Gasteiger partial charge in [0.15, 0.2) is 5.96 Å². The quantitative estimate of drug-likeness (QED) is 0.523. The number of aliphatic imine (C=N–C) groups is 1. The third-order valence-corrected chi connectivity index (χ3v) is 5.56. The van der Waals surface area contributed by atoms with Gasteiger partial charge in [-0.05, 0) is 45.4 Å². The third kappa shape index (κ3) is 5.47. The van der Waals surface area contributed by atoms with E-state index >= 15 is 0 Å². The van der Waals surface area contributed by atoms with Crippen molar-refractivity contribution < 1.29 is 13.5 Å². The second-order valence-electron chi connectivity index (χ2n) is 7.62. The Bertz CT molecular complexity index is 668. The first kappa shape index (κ1) is 20.6. The predicted molar refractivity (Wildman–Crippen MR) is 108 cm³/mol. The van der Waals surface area contributed by atoms with Crippen molar-refractivity contribution in [1.82, 2.24) is 15.5 Å². The number of likely N-dealkylation sites (N-methyl/N-ethyl adjacent to an activating group) is 1. The van der Waals surface area contributed by atoms with Crippen molar-refractivity contribution in [1.29, 1.82) is 0 Å². The molecule has 8 heteroatoms. The lowest BCUT2D eigenvalue weighted by Gasteiger charge is -2.26. The summed E-state index contributed by atoms with van der Waals surface area (Å²) in [5.74, 6) is 0.998. The molecule has 6 nitrogen and oxygen atoms in total. The standard InChI is InChI=1S/C20H31F2N5O/c1-14(26(3)16-8-9-16)12-24-20(23-2)25-15-10-11-27(13-15)17-6-4-5-7-18(17)28-19(21)22/h4-7,14-16,19H,8-13H2,1-3H3,(H2,23,24,25). The average molecular weight is 395 g/mol. The van der Waals surface area contributed by atoms with E-state index in [9.17, 15) is 8.78 Å². The minimum atomic E-state index is -2.82. The van der Waals surface area contributed by atoms with Gasteiger partial charge < -0.3 is 20.3 Å². The Balaban J connectivity index is 1.51. The molecule has 1 aliphatic carbocycles. The van der Waals surface area contributed by atoms with E-state index in [0.29, 0.717) is 18.3 Å². The Kier molecular flexibility index (Phi) is 6.93. The molecule has 2 unspecified atom stereocenters. The van der Waals surface area contributed by atoms with Gasteiger partial charge in [0.1, 0.15) is 5.75 Å². The minimum absolute atomic E-state index is 0.197. The minimum Gasteiger partial charge on any atom is -0.433 e. The van der Waals surface area contributed by atoms with Crippen molar-refractivity contribution in [3.8, 4) is 5.75 Å². The van der Waals surface area contributed by atoms with Crippen LogP contribution in [0.4, 0.5) is 14.5 Å². The number of para-hydroxylation sites is 2. The van der Waals surface area contributed by atoms with Crippen molar-refractivity contribution in [3.05, 3.63) is 24.3 Å². The number of guanidine groups is 1. The third-order valence-electron chi connectivity index (χ3n) is 5.56. The number of nitrogens with zero attached hydrogens (tertiary/aromatic N) is 3. The molecule has 2 aliphatic rings. The second-order valence-corrected chi connectivity index (χ2v) is 7.62. The van der Waals surface area contributed by atoms with Crippen LogP contribution in [0.3, 0.4) is 0 Å². The molecule has 0 spiro atoms. The number of halogens is 2. The van der Waals surface area contributed by atoms with Gasteiger partial charge in [0.2, 0.25) is 0 Å². The number of hydrogen-bond acceptors (Lipinski definition) is 4. The van der Waals surface area contributed by atoms with E-state index in [0.717, 1.165) is 31.5 Å². The lowest BCUT2D eigenvalue weighted by atomic mass is 10.2. The first-order chi connectivity index (χ1) is 13.5. The molecule has 156 valence electrons. The fourth-order valence-electron chi connectivity index (χ4n) is 3.63. The highest BCUT2D eigenvalue weighted by atomic mass is 19.3. The monoisotopic (exact) mass is 395 g/mol. The van der Waals surface area contributed by atoms with Gasteiger partial charge in [-0.25, -0.2) is 0 Å². The highest BCUT2D eigenvalue weighted by Crippen LogP contribution is 2.31. The summed E-state index contributed by atoms with van der Waals surface area (Å²) in [7, 11) is 3.94. The zero-order valence-electron chi connectivity index (χ0n) is 16.9. The molecular weight excluding hydrogens is 364 g/mol. The van der Waals surface area contributed by atoms with Crippen molar-refractivity contribution in [2.45, 2.75) is 50.9 Å². The van der Waals surface area contributed by atoms with Crippen LogP contribution in [-0.2, 0) is 0 Å². The first-order valence-corrected chi connectivity index (χ1v) is 9.95. The van der Waals surface area contributed by atoms with E-state index in [1.807, 2.05) is 12.1 Å². The summed E-state index contributed by atoms with van der Waals surface area (Å²) in [4.78, 5) is 8.82. The van der Waals surface area contributed by atoms with E-state index < -0.39 is 6.61 Å². The maximum Gasteiger partial charge on any atom is 0.387 e. The van der Waals surface area contributed by atoms with Gasteiger partial charge in [-0.3, -0.25) is 9.89 Å². The van der Waals surface area contributed by atoms with E-state index in [1.54, 1.807) is 19.2 Å². The fourth-order valence-corrected chi connectivity index (χ4v) is 3.63. The fraction of sp³-hybridized carbons (Fsp3) is 0.650. The molecule has 0 radical (unpaired) electrons. The van der Waals surface area contributed by atoms with Crippen LogP contribution in [0.25, 0.3) is 0 Å². The van der Waals surface area contributed by atoms with Gasteiger partial charge in [-0.15, -0.1) is 0 Å². The Morgan fingerprint density at radius 2 is 2.07 bits per heavy atom. The van der Waals surface area contributed by atoms with Crippen LogP contribution in [0.5, 0.6) is 5.75 Å². The normalized spacial score (nSPS) is 21.3. The van der Waals surface area contributed by atoms with Gasteiger partial charge in [-0.1, -0.05) is 12.1 Å². The SMILES string of the molecule is CN=C(NCC(C)N(C)C1CC1)NC1CCN(c2ccccc2OC(F)F)C1. The predicted octanol–water partition coefficient (Wildman–Crippen LogP) is 2.51. The number of alkyl halides is 2. The highest BCUT2D eigenvalue weighted by molar-refractivity contribution is 5.80. The van der Waals surface area contributed by atoms with Gasteiger partial charge >= 0.3 is 6.61 Å². The summed E-state index contributed by atoms with van der Waals surface area (Å²) < 4.78 is 30.0. The van der Waals surface area contributed by atoms with Gasteiger partial charge in [0.25, 0.3) is 0 Å². The maximum atomic E-state index is 12.7. The highest BCUT2D eigenvalue weighted by Gasteiger charge is 2.29. The summed E-state index contributed by atoms with van der Waals surface area (Å²) in [6.45, 7) is 1.71. The van der Waals surface area contributed by atoms with E-state index in [4.69, 9.17) is 0 Å². The zero-order chi connectivity index (χ0) is 20.1. The van der Waals surface area contributed by atoms with Gasteiger partial charge in [0, 0.05) is 44.8 Å². The molecule has 0 amide bonds. The van der Waals surface area contributed by atoms with Crippen molar-refractivity contribution >= 4 is 11.6 Å². The number of benzene rings is 1. The number of rotatable bonds is 8. The van der Waals surface area contributed by atoms with Crippen molar-refractivity contribution in [3.63, 3.8) is 0 Å². The molecule has 1 saturated heterocycles. The second kappa shape index (κ2) is 9.41. The van der Waals surface area contributed by atoms with Crippen LogP contribution in [0.1, 0.15) is 26.2 Å². The van der Waals surface area contributed by atoms with Gasteiger partial charge in [0.05, 0.1) is 5.69 Å². The average Bonchev–Trinajstić information content (AvgIpc) is 3.43. The molecule has 0 aromatic heterocycles. The molecule has 1 aromatic rings. The van der Waals surface area contributed by atoms with Crippen LogP contribution in [0.2, 0.25) is 0 Å². The molecule has 2 fully saturated rings. The molecule has 1 aliphatic heterocycles. The molecule has 28 heavy (non-hydrogen) atoms. The maximum absolute atomic E-state index is 12.7. The number of hydrogen-bond donors (Lipinski definition) is 2. The molecule has 1 saturated carbocycles. The van der Waals surface area contributed by atoms with Crippen LogP contribution in [-0.4, -0.2) is 69.3 Å². The van der Waals surface area contributed by atoms with Crippen LogP contribution < -0.4 is 20.3 Å². The smallest absolute Gasteiger partial charge is 0.387 e. The topological polar surface area (TPSA) is 52.1 Å². The van der Waals surface area contributed by atoms with E-state index in [-0.39, 0.29) is 11.8 Å². The number of nitrogens with one attached hydrogen (secondary N) is 2. The van der Waals surface area contributed by atoms with Gasteiger partial charge in [-0.2, -0.15) is 8.78 Å². The molecule has 1 aromatic carbocycles. The Hall–Kier alpha value is -2.09. The number of ether oxygens (including phenoxy) is 1. The molecule has 3 rings (SSSR count). The summed E-state index contributed by atoms with van der Waals surface area (Å²) >= 11 is 0. The summed E-state index contributed by atoms with van der Waals surface area (Å²) in [5.41, 5.74) is 0.703.